The van der Waals surface area contributed by atoms with E-state index in [1.807, 2.05) is 29.8 Å². The van der Waals surface area contributed by atoms with Gasteiger partial charge in [0.05, 0.1) is 41.9 Å². The molecule has 112 valence electrons. The molecule has 7 heteroatoms. The summed E-state index contributed by atoms with van der Waals surface area (Å²) in [5.74, 6) is 0. The maximum atomic E-state index is 11.9. The minimum Gasteiger partial charge on any atom is -0.332 e. The smallest absolute Gasteiger partial charge is 0.211 e. The predicted octanol–water partition coefficient (Wildman–Crippen LogP) is 1.58. The molecule has 2 aromatic rings. The van der Waals surface area contributed by atoms with Crippen LogP contribution in [0.4, 0.5) is 0 Å². The second-order valence-corrected chi connectivity index (χ2v) is 7.30. The summed E-state index contributed by atoms with van der Waals surface area (Å²) in [6, 6.07) is 5.57. The second-order valence-electron chi connectivity index (χ2n) is 5.37. The fraction of sp³-hybridized carbons (Fsp3) is 0.429. The van der Waals surface area contributed by atoms with Crippen molar-refractivity contribution in [3.63, 3.8) is 0 Å². The molecule has 0 aromatic carbocycles. The summed E-state index contributed by atoms with van der Waals surface area (Å²) >= 11 is 0. The van der Waals surface area contributed by atoms with Crippen LogP contribution in [-0.4, -0.2) is 40.1 Å². The highest BCUT2D eigenvalue weighted by molar-refractivity contribution is 7.88. The monoisotopic (exact) mass is 306 g/mol. The predicted molar refractivity (Wildman–Crippen MR) is 80.0 cm³/mol. The van der Waals surface area contributed by atoms with Crippen LogP contribution in [-0.2, 0) is 17.1 Å². The highest BCUT2D eigenvalue weighted by atomic mass is 32.2. The molecule has 0 radical (unpaired) electrons. The Bertz CT molecular complexity index is 754. The highest BCUT2D eigenvalue weighted by Crippen LogP contribution is 2.33. The summed E-state index contributed by atoms with van der Waals surface area (Å²) < 4.78 is 27.2. The number of imidazole rings is 1. The summed E-state index contributed by atoms with van der Waals surface area (Å²) in [6.07, 6.45) is 6.43. The fourth-order valence-electron chi connectivity index (χ4n) is 2.82. The van der Waals surface area contributed by atoms with Crippen LogP contribution in [0.2, 0.25) is 0 Å². The third kappa shape index (κ3) is 2.71. The molecule has 0 saturated carbocycles. The van der Waals surface area contributed by atoms with Crippen molar-refractivity contribution in [2.45, 2.75) is 18.9 Å². The molecule has 0 bridgehead atoms. The molecule has 1 saturated heterocycles. The molecular formula is C14H18N4O2S. The Morgan fingerprint density at radius 3 is 2.81 bits per heavy atom. The number of aromatic nitrogens is 3. The van der Waals surface area contributed by atoms with Gasteiger partial charge in [0.25, 0.3) is 0 Å². The lowest BCUT2D eigenvalue weighted by Crippen LogP contribution is -2.29. The zero-order chi connectivity index (χ0) is 15.0. The average molecular weight is 306 g/mol. The molecule has 1 aliphatic rings. The van der Waals surface area contributed by atoms with Gasteiger partial charge in [-0.2, -0.15) is 4.31 Å². The van der Waals surface area contributed by atoms with E-state index in [0.717, 1.165) is 29.9 Å². The molecule has 0 unspecified atom stereocenters. The van der Waals surface area contributed by atoms with Crippen LogP contribution >= 0.6 is 0 Å². The number of hydrogen-bond acceptors (Lipinski definition) is 4. The van der Waals surface area contributed by atoms with Crippen LogP contribution in [0.15, 0.2) is 30.7 Å². The Labute approximate surface area is 124 Å². The van der Waals surface area contributed by atoms with Crippen LogP contribution in [0, 0.1) is 0 Å². The summed E-state index contributed by atoms with van der Waals surface area (Å²) in [5, 5.41) is 0. The lowest BCUT2D eigenvalue weighted by Gasteiger charge is -2.22. The number of sulfonamides is 1. The first-order chi connectivity index (χ1) is 9.97. The molecule has 1 aliphatic heterocycles. The molecule has 0 amide bonds. The zero-order valence-corrected chi connectivity index (χ0v) is 12.9. The number of aryl methyl sites for hydroxylation is 1. The van der Waals surface area contributed by atoms with E-state index in [-0.39, 0.29) is 6.04 Å². The minimum absolute atomic E-state index is 0.159. The fourth-order valence-corrected chi connectivity index (χ4v) is 3.95. The van der Waals surface area contributed by atoms with Crippen molar-refractivity contribution in [1.82, 2.24) is 18.8 Å². The Morgan fingerprint density at radius 2 is 2.14 bits per heavy atom. The zero-order valence-electron chi connectivity index (χ0n) is 12.1. The van der Waals surface area contributed by atoms with E-state index in [1.165, 1.54) is 6.26 Å². The molecule has 2 aromatic heterocycles. The standard InChI is InChI=1S/C14H18N4O2S/c1-17-10-15-9-14(17)12-6-3-5-11(16-12)13-7-4-8-18(13)21(2,19)20/h3,5-6,9-10,13H,4,7-8H2,1-2H3/t13-/m1/s1. The Kier molecular flexibility index (Phi) is 3.54. The Balaban J connectivity index is 1.99. The van der Waals surface area contributed by atoms with Crippen molar-refractivity contribution < 1.29 is 8.42 Å². The van der Waals surface area contributed by atoms with Crippen molar-refractivity contribution in [1.29, 1.82) is 0 Å². The van der Waals surface area contributed by atoms with E-state index in [1.54, 1.807) is 16.8 Å². The third-order valence-corrected chi connectivity index (χ3v) is 5.11. The van der Waals surface area contributed by atoms with Crippen LogP contribution < -0.4 is 0 Å². The van der Waals surface area contributed by atoms with Crippen molar-refractivity contribution in [3.05, 3.63) is 36.4 Å². The molecule has 3 heterocycles. The maximum Gasteiger partial charge on any atom is 0.211 e. The molecule has 0 aliphatic carbocycles. The third-order valence-electron chi connectivity index (χ3n) is 3.82. The topological polar surface area (TPSA) is 68.1 Å². The van der Waals surface area contributed by atoms with Gasteiger partial charge in [0.15, 0.2) is 0 Å². The summed E-state index contributed by atoms with van der Waals surface area (Å²) in [7, 11) is -1.29. The summed E-state index contributed by atoms with van der Waals surface area (Å²) in [4.78, 5) is 8.75. The van der Waals surface area contributed by atoms with E-state index in [0.29, 0.717) is 6.54 Å². The molecule has 1 fully saturated rings. The molecule has 0 N–H and O–H groups in total. The van der Waals surface area contributed by atoms with Crippen LogP contribution in [0.1, 0.15) is 24.6 Å². The van der Waals surface area contributed by atoms with Gasteiger partial charge in [-0.05, 0) is 25.0 Å². The normalized spacial score (nSPS) is 20.0. The van der Waals surface area contributed by atoms with Gasteiger partial charge in [0.2, 0.25) is 10.0 Å². The van der Waals surface area contributed by atoms with Gasteiger partial charge in [-0.3, -0.25) is 0 Å². The van der Waals surface area contributed by atoms with Gasteiger partial charge in [-0.15, -0.1) is 0 Å². The number of nitrogens with zero attached hydrogens (tertiary/aromatic N) is 4. The van der Waals surface area contributed by atoms with Crippen molar-refractivity contribution >= 4 is 10.0 Å². The quantitative estimate of drug-likeness (QED) is 0.863. The first-order valence-electron chi connectivity index (χ1n) is 6.87. The Hall–Kier alpha value is -1.73. The van der Waals surface area contributed by atoms with Crippen LogP contribution in [0.5, 0.6) is 0 Å². The van der Waals surface area contributed by atoms with Crippen molar-refractivity contribution in [2.75, 3.05) is 12.8 Å². The van der Waals surface area contributed by atoms with Crippen molar-refractivity contribution in [2.24, 2.45) is 7.05 Å². The van der Waals surface area contributed by atoms with Gasteiger partial charge in [-0.1, -0.05) is 6.07 Å². The lowest BCUT2D eigenvalue weighted by atomic mass is 10.1. The second kappa shape index (κ2) is 5.23. The molecule has 1 atom stereocenters. The maximum absolute atomic E-state index is 11.9. The lowest BCUT2D eigenvalue weighted by molar-refractivity contribution is 0.394. The van der Waals surface area contributed by atoms with Gasteiger partial charge in [0, 0.05) is 13.6 Å². The van der Waals surface area contributed by atoms with Crippen LogP contribution in [0.3, 0.4) is 0 Å². The minimum atomic E-state index is -3.20. The number of rotatable bonds is 3. The SMILES string of the molecule is Cn1cncc1-c1cccc([C@H]2CCCN2S(C)(=O)=O)n1. The summed E-state index contributed by atoms with van der Waals surface area (Å²) in [6.45, 7) is 0.571. The van der Waals surface area contributed by atoms with Gasteiger partial charge >= 0.3 is 0 Å². The van der Waals surface area contributed by atoms with Crippen LogP contribution in [0.25, 0.3) is 11.4 Å². The molecule has 21 heavy (non-hydrogen) atoms. The molecule has 0 spiro atoms. The van der Waals surface area contributed by atoms with E-state index in [4.69, 9.17) is 0 Å². The Morgan fingerprint density at radius 1 is 1.33 bits per heavy atom. The molecular weight excluding hydrogens is 288 g/mol. The number of hydrogen-bond donors (Lipinski definition) is 0. The highest BCUT2D eigenvalue weighted by Gasteiger charge is 2.33. The van der Waals surface area contributed by atoms with Gasteiger partial charge in [-0.25, -0.2) is 18.4 Å². The average Bonchev–Trinajstić information content (AvgIpc) is 3.06. The van der Waals surface area contributed by atoms with Crippen molar-refractivity contribution in [3.8, 4) is 11.4 Å². The van der Waals surface area contributed by atoms with Gasteiger partial charge < -0.3 is 4.57 Å². The van der Waals surface area contributed by atoms with E-state index >= 15 is 0 Å². The molecule has 6 nitrogen and oxygen atoms in total. The number of pyridine rings is 1. The first kappa shape index (κ1) is 14.2. The van der Waals surface area contributed by atoms with Gasteiger partial charge in [0.1, 0.15) is 0 Å². The van der Waals surface area contributed by atoms with E-state index < -0.39 is 10.0 Å². The summed E-state index contributed by atoms with van der Waals surface area (Å²) in [5.41, 5.74) is 2.53. The first-order valence-corrected chi connectivity index (χ1v) is 8.72. The van der Waals surface area contributed by atoms with E-state index in [9.17, 15) is 8.42 Å². The van der Waals surface area contributed by atoms with E-state index in [2.05, 4.69) is 9.97 Å². The largest absolute Gasteiger partial charge is 0.332 e. The molecule has 3 rings (SSSR count).